The van der Waals surface area contributed by atoms with Gasteiger partial charge in [-0.1, -0.05) is 64.7 Å². The highest BCUT2D eigenvalue weighted by molar-refractivity contribution is 5.90. The number of unbranched alkanes of at least 4 members (excludes halogenated alkanes) is 9. The number of piperazine rings is 1. The Morgan fingerprint density at radius 2 is 1.57 bits per heavy atom. The molecule has 0 aromatic rings. The van der Waals surface area contributed by atoms with Gasteiger partial charge in [-0.05, 0) is 27.2 Å². The van der Waals surface area contributed by atoms with Crippen LogP contribution < -0.4 is 5.32 Å². The number of hydrogen-bond acceptors (Lipinski definition) is 5. The summed E-state index contributed by atoms with van der Waals surface area (Å²) in [6, 6.07) is -0.881. The van der Waals surface area contributed by atoms with Crippen LogP contribution in [0.5, 0.6) is 0 Å². The summed E-state index contributed by atoms with van der Waals surface area (Å²) >= 11 is 0. The molecular weight excluding hydrogens is 384 g/mol. The summed E-state index contributed by atoms with van der Waals surface area (Å²) in [5.41, 5.74) is -0.661. The van der Waals surface area contributed by atoms with E-state index in [-0.39, 0.29) is 12.3 Å². The third-order valence-electron chi connectivity index (χ3n) is 5.08. The minimum Gasteiger partial charge on any atom is -0.466 e. The lowest BCUT2D eigenvalue weighted by Crippen LogP contribution is -2.58. The third-order valence-corrected chi connectivity index (χ3v) is 5.08. The molecule has 0 aromatic carbocycles. The zero-order valence-electron chi connectivity index (χ0n) is 19.5. The maximum Gasteiger partial charge on any atom is 0.411 e. The molecule has 174 valence electrons. The molecule has 1 heterocycles. The summed E-state index contributed by atoms with van der Waals surface area (Å²) < 4.78 is 10.7. The molecule has 1 rings (SSSR count). The van der Waals surface area contributed by atoms with Crippen molar-refractivity contribution in [3.8, 4) is 0 Å². The van der Waals surface area contributed by atoms with Crippen molar-refractivity contribution < 1.29 is 23.9 Å². The van der Waals surface area contributed by atoms with Gasteiger partial charge >= 0.3 is 12.1 Å². The Kier molecular flexibility index (Phi) is 12.5. The van der Waals surface area contributed by atoms with Crippen LogP contribution >= 0.6 is 0 Å². The molecule has 0 saturated carbocycles. The van der Waals surface area contributed by atoms with E-state index in [2.05, 4.69) is 12.2 Å². The van der Waals surface area contributed by atoms with E-state index in [4.69, 9.17) is 9.47 Å². The first-order valence-corrected chi connectivity index (χ1v) is 11.7. The van der Waals surface area contributed by atoms with Gasteiger partial charge in [0.1, 0.15) is 11.6 Å². The molecule has 1 unspecified atom stereocenters. The monoisotopic (exact) mass is 426 g/mol. The van der Waals surface area contributed by atoms with Crippen molar-refractivity contribution in [2.45, 2.75) is 110 Å². The van der Waals surface area contributed by atoms with E-state index in [0.717, 1.165) is 19.3 Å². The highest BCUT2D eigenvalue weighted by Crippen LogP contribution is 2.16. The SMILES string of the molecule is CCCCCCCCCCCCOC(=O)CC1C(=O)NCCN1C(=O)OC(C)(C)C. The maximum absolute atomic E-state index is 12.4. The number of carbonyl (C=O) groups is 3. The minimum atomic E-state index is -0.881. The molecule has 1 aliphatic heterocycles. The van der Waals surface area contributed by atoms with Crippen molar-refractivity contribution >= 4 is 18.0 Å². The molecule has 1 fully saturated rings. The molecule has 7 heteroatoms. The van der Waals surface area contributed by atoms with E-state index in [1.165, 1.54) is 49.8 Å². The lowest BCUT2D eigenvalue weighted by molar-refractivity contribution is -0.148. The van der Waals surface area contributed by atoms with Crippen LogP contribution in [0.4, 0.5) is 4.79 Å². The van der Waals surface area contributed by atoms with Crippen LogP contribution in [0.3, 0.4) is 0 Å². The lowest BCUT2D eigenvalue weighted by Gasteiger charge is -2.35. The number of rotatable bonds is 13. The standard InChI is InChI=1S/C23H42N2O5/c1-5-6-7-8-9-10-11-12-13-14-17-29-20(26)18-19-21(27)24-15-16-25(19)22(28)30-23(2,3)4/h19H,5-18H2,1-4H3,(H,24,27). The number of ether oxygens (including phenoxy) is 2. The molecule has 0 spiro atoms. The second-order valence-electron chi connectivity index (χ2n) is 9.09. The average Bonchev–Trinajstić information content (AvgIpc) is 2.66. The fourth-order valence-corrected chi connectivity index (χ4v) is 3.45. The quantitative estimate of drug-likeness (QED) is 0.344. The summed E-state index contributed by atoms with van der Waals surface area (Å²) in [4.78, 5) is 38.1. The molecule has 1 atom stereocenters. The number of hydrogen-bond donors (Lipinski definition) is 1. The first-order chi connectivity index (χ1) is 14.2. The normalized spacial score (nSPS) is 16.9. The van der Waals surface area contributed by atoms with Gasteiger partial charge in [0.15, 0.2) is 0 Å². The van der Waals surface area contributed by atoms with E-state index in [0.29, 0.717) is 19.7 Å². The second-order valence-corrected chi connectivity index (χ2v) is 9.09. The van der Waals surface area contributed by atoms with Gasteiger partial charge in [0.2, 0.25) is 5.91 Å². The molecule has 30 heavy (non-hydrogen) atoms. The largest absolute Gasteiger partial charge is 0.466 e. The predicted molar refractivity (Wildman–Crippen MR) is 117 cm³/mol. The zero-order chi connectivity index (χ0) is 22.4. The number of nitrogens with zero attached hydrogens (tertiary/aromatic N) is 1. The number of amides is 2. The van der Waals surface area contributed by atoms with Crippen LogP contribution in [0.25, 0.3) is 0 Å². The number of nitrogens with one attached hydrogen (secondary N) is 1. The van der Waals surface area contributed by atoms with Crippen LogP contribution in [0.15, 0.2) is 0 Å². The second kappa shape index (κ2) is 14.3. The summed E-state index contributed by atoms with van der Waals surface area (Å²) in [7, 11) is 0. The lowest BCUT2D eigenvalue weighted by atomic mass is 10.1. The summed E-state index contributed by atoms with van der Waals surface area (Å²) in [6.45, 7) is 8.56. The smallest absolute Gasteiger partial charge is 0.411 e. The molecule has 7 nitrogen and oxygen atoms in total. The first-order valence-electron chi connectivity index (χ1n) is 11.7. The van der Waals surface area contributed by atoms with Crippen LogP contribution in [-0.4, -0.2) is 54.2 Å². The summed E-state index contributed by atoms with van der Waals surface area (Å²) in [6.07, 6.45) is 11.4. The van der Waals surface area contributed by atoms with Crippen LogP contribution in [-0.2, 0) is 19.1 Å². The highest BCUT2D eigenvalue weighted by atomic mass is 16.6. The molecular formula is C23H42N2O5. The van der Waals surface area contributed by atoms with Gasteiger partial charge < -0.3 is 14.8 Å². The van der Waals surface area contributed by atoms with Crippen molar-refractivity contribution in [1.82, 2.24) is 10.2 Å². The van der Waals surface area contributed by atoms with E-state index in [1.807, 2.05) is 0 Å². The van der Waals surface area contributed by atoms with E-state index >= 15 is 0 Å². The Hall–Kier alpha value is -1.79. The van der Waals surface area contributed by atoms with Crippen molar-refractivity contribution in [3.05, 3.63) is 0 Å². The number of carbonyl (C=O) groups excluding carboxylic acids is 3. The summed E-state index contributed by atoms with van der Waals surface area (Å²) in [5, 5.41) is 2.70. The van der Waals surface area contributed by atoms with Crippen molar-refractivity contribution in [1.29, 1.82) is 0 Å². The van der Waals surface area contributed by atoms with Crippen molar-refractivity contribution in [3.63, 3.8) is 0 Å². The first kappa shape index (κ1) is 26.2. The van der Waals surface area contributed by atoms with E-state index in [1.54, 1.807) is 20.8 Å². The Morgan fingerprint density at radius 3 is 2.13 bits per heavy atom. The van der Waals surface area contributed by atoms with E-state index < -0.39 is 23.7 Å². The van der Waals surface area contributed by atoms with Gasteiger partial charge in [-0.3, -0.25) is 14.5 Å². The molecule has 1 saturated heterocycles. The minimum absolute atomic E-state index is 0.150. The number of esters is 1. The molecule has 1 aliphatic rings. The fourth-order valence-electron chi connectivity index (χ4n) is 3.45. The Labute approximate surface area is 182 Å². The van der Waals surface area contributed by atoms with Gasteiger partial charge in [-0.25, -0.2) is 4.79 Å². The molecule has 0 bridgehead atoms. The van der Waals surface area contributed by atoms with Gasteiger partial charge in [0.05, 0.1) is 13.0 Å². The van der Waals surface area contributed by atoms with Gasteiger partial charge in [0.25, 0.3) is 0 Å². The Balaban J connectivity index is 2.23. The molecule has 1 N–H and O–H groups in total. The van der Waals surface area contributed by atoms with Gasteiger partial charge in [0, 0.05) is 13.1 Å². The van der Waals surface area contributed by atoms with Crippen molar-refractivity contribution in [2.24, 2.45) is 0 Å². The third kappa shape index (κ3) is 11.4. The highest BCUT2D eigenvalue weighted by Gasteiger charge is 2.37. The molecule has 0 radical (unpaired) electrons. The van der Waals surface area contributed by atoms with Crippen LogP contribution in [0, 0.1) is 0 Å². The maximum atomic E-state index is 12.4. The summed E-state index contributed by atoms with van der Waals surface area (Å²) in [5.74, 6) is -0.801. The van der Waals surface area contributed by atoms with Gasteiger partial charge in [-0.2, -0.15) is 0 Å². The fraction of sp³-hybridized carbons (Fsp3) is 0.870. The molecule has 0 aromatic heterocycles. The zero-order valence-corrected chi connectivity index (χ0v) is 19.5. The predicted octanol–water partition coefficient (Wildman–Crippen LogP) is 4.58. The van der Waals surface area contributed by atoms with Crippen molar-refractivity contribution in [2.75, 3.05) is 19.7 Å². The topological polar surface area (TPSA) is 84.9 Å². The van der Waals surface area contributed by atoms with Crippen LogP contribution in [0.1, 0.15) is 98.3 Å². The Morgan fingerprint density at radius 1 is 1.00 bits per heavy atom. The van der Waals surface area contributed by atoms with Crippen LogP contribution in [0.2, 0.25) is 0 Å². The molecule has 2 amide bonds. The van der Waals surface area contributed by atoms with E-state index in [9.17, 15) is 14.4 Å². The Bertz CT molecular complexity index is 530. The molecule has 0 aliphatic carbocycles. The average molecular weight is 427 g/mol. The van der Waals surface area contributed by atoms with Gasteiger partial charge in [-0.15, -0.1) is 0 Å².